The van der Waals surface area contributed by atoms with Gasteiger partial charge in [0.1, 0.15) is 0 Å². The Balaban J connectivity index is 1.59. The van der Waals surface area contributed by atoms with Crippen molar-refractivity contribution < 1.29 is 9.59 Å². The van der Waals surface area contributed by atoms with Gasteiger partial charge in [0, 0.05) is 50.2 Å². The van der Waals surface area contributed by atoms with E-state index in [2.05, 4.69) is 16.7 Å². The first-order valence-corrected chi connectivity index (χ1v) is 9.09. The van der Waals surface area contributed by atoms with Crippen molar-refractivity contribution in [3.8, 4) is 6.07 Å². The number of rotatable bonds is 3. The highest BCUT2D eigenvalue weighted by atomic mass is 16.2. The maximum Gasteiger partial charge on any atom is 0.254 e. The molecule has 27 heavy (non-hydrogen) atoms. The lowest BCUT2D eigenvalue weighted by Crippen LogP contribution is -2.51. The first kappa shape index (κ1) is 18.7. The second-order valence-electron chi connectivity index (χ2n) is 7.00. The van der Waals surface area contributed by atoms with Gasteiger partial charge in [0.15, 0.2) is 0 Å². The van der Waals surface area contributed by atoms with Gasteiger partial charge in [0.05, 0.1) is 18.1 Å². The van der Waals surface area contributed by atoms with E-state index in [0.717, 1.165) is 17.0 Å². The zero-order chi connectivity index (χ0) is 19.6. The summed E-state index contributed by atoms with van der Waals surface area (Å²) in [6.45, 7) is 6.15. The molecule has 6 nitrogen and oxygen atoms in total. The molecular formula is C21H24N4O2. The van der Waals surface area contributed by atoms with Crippen LogP contribution in [0.5, 0.6) is 0 Å². The van der Waals surface area contributed by atoms with Crippen LogP contribution in [0.1, 0.15) is 32.9 Å². The molecule has 1 aliphatic heterocycles. The summed E-state index contributed by atoms with van der Waals surface area (Å²) in [4.78, 5) is 28.9. The average Bonchev–Trinajstić information content (AvgIpc) is 2.94. The Morgan fingerprint density at radius 3 is 2.33 bits per heavy atom. The highest BCUT2D eigenvalue weighted by Crippen LogP contribution is 2.16. The second-order valence-corrected chi connectivity index (χ2v) is 7.00. The fourth-order valence-electron chi connectivity index (χ4n) is 3.45. The molecule has 2 heterocycles. The van der Waals surface area contributed by atoms with Gasteiger partial charge in [0.25, 0.3) is 5.91 Å². The van der Waals surface area contributed by atoms with Crippen LogP contribution >= 0.6 is 0 Å². The predicted molar refractivity (Wildman–Crippen MR) is 102 cm³/mol. The fourth-order valence-corrected chi connectivity index (χ4v) is 3.45. The number of nitrogens with zero attached hydrogens (tertiary/aromatic N) is 4. The van der Waals surface area contributed by atoms with Gasteiger partial charge < -0.3 is 14.4 Å². The molecule has 1 aliphatic rings. The molecule has 0 aliphatic carbocycles. The van der Waals surface area contributed by atoms with Gasteiger partial charge in [-0.05, 0) is 43.7 Å². The third-order valence-corrected chi connectivity index (χ3v) is 5.38. The first-order valence-electron chi connectivity index (χ1n) is 9.09. The zero-order valence-electron chi connectivity index (χ0n) is 16.0. The fraction of sp³-hybridized carbons (Fsp3) is 0.381. The number of hydrogen-bond donors (Lipinski definition) is 0. The van der Waals surface area contributed by atoms with Gasteiger partial charge in [-0.15, -0.1) is 0 Å². The van der Waals surface area contributed by atoms with E-state index in [1.807, 2.05) is 25.8 Å². The number of carbonyl (C=O) groups is 2. The second kappa shape index (κ2) is 7.67. The number of carbonyl (C=O) groups excluding carboxylic acids is 2. The molecule has 140 valence electrons. The van der Waals surface area contributed by atoms with E-state index in [0.29, 0.717) is 43.7 Å². The van der Waals surface area contributed by atoms with Gasteiger partial charge in [-0.2, -0.15) is 5.26 Å². The number of benzene rings is 1. The standard InChI is InChI=1S/C21H24N4O2/c1-15-11-19(16(2)23(15)3)13-20(26)24-7-9-25(10-8-24)21(27)18-6-4-5-17(12-18)14-22/h4-6,11-12H,7-10,13H2,1-3H3. The van der Waals surface area contributed by atoms with E-state index in [-0.39, 0.29) is 11.8 Å². The van der Waals surface area contributed by atoms with E-state index in [1.54, 1.807) is 29.2 Å². The Morgan fingerprint density at radius 1 is 1.07 bits per heavy atom. The Kier molecular flexibility index (Phi) is 5.31. The smallest absolute Gasteiger partial charge is 0.254 e. The van der Waals surface area contributed by atoms with Gasteiger partial charge >= 0.3 is 0 Å². The van der Waals surface area contributed by atoms with Crippen LogP contribution in [0.3, 0.4) is 0 Å². The molecule has 2 amide bonds. The molecule has 0 N–H and O–H groups in total. The molecule has 0 spiro atoms. The number of piperazine rings is 1. The van der Waals surface area contributed by atoms with Crippen LogP contribution in [0.15, 0.2) is 30.3 Å². The molecule has 3 rings (SSSR count). The van der Waals surface area contributed by atoms with E-state index in [9.17, 15) is 9.59 Å². The molecule has 0 bridgehead atoms. The Bertz CT molecular complexity index is 915. The summed E-state index contributed by atoms with van der Waals surface area (Å²) in [5, 5.41) is 8.99. The normalized spacial score (nSPS) is 14.1. The summed E-state index contributed by atoms with van der Waals surface area (Å²) in [7, 11) is 2.00. The van der Waals surface area contributed by atoms with Gasteiger partial charge in [-0.3, -0.25) is 9.59 Å². The number of hydrogen-bond acceptors (Lipinski definition) is 3. The third-order valence-electron chi connectivity index (χ3n) is 5.38. The molecule has 1 aromatic carbocycles. The maximum atomic E-state index is 12.6. The van der Waals surface area contributed by atoms with Crippen molar-refractivity contribution in [2.45, 2.75) is 20.3 Å². The van der Waals surface area contributed by atoms with E-state index >= 15 is 0 Å². The quantitative estimate of drug-likeness (QED) is 0.837. The van der Waals surface area contributed by atoms with Crippen LogP contribution < -0.4 is 0 Å². The van der Waals surface area contributed by atoms with Crippen molar-refractivity contribution >= 4 is 11.8 Å². The maximum absolute atomic E-state index is 12.6. The lowest BCUT2D eigenvalue weighted by Gasteiger charge is -2.35. The zero-order valence-corrected chi connectivity index (χ0v) is 16.0. The molecule has 2 aromatic rings. The molecule has 0 radical (unpaired) electrons. The van der Waals surface area contributed by atoms with Crippen LogP contribution in [0, 0.1) is 25.2 Å². The summed E-state index contributed by atoms with van der Waals surface area (Å²) in [5.41, 5.74) is 4.32. The highest BCUT2D eigenvalue weighted by molar-refractivity contribution is 5.94. The monoisotopic (exact) mass is 364 g/mol. The summed E-state index contributed by atoms with van der Waals surface area (Å²) in [5.74, 6) is 0.0102. The number of aryl methyl sites for hydroxylation is 1. The van der Waals surface area contributed by atoms with Crippen molar-refractivity contribution in [3.05, 3.63) is 58.4 Å². The van der Waals surface area contributed by atoms with E-state index < -0.39 is 0 Å². The van der Waals surface area contributed by atoms with Crippen molar-refractivity contribution in [2.75, 3.05) is 26.2 Å². The summed E-state index contributed by atoms with van der Waals surface area (Å²) in [6, 6.07) is 10.9. The van der Waals surface area contributed by atoms with Crippen molar-refractivity contribution in [1.82, 2.24) is 14.4 Å². The van der Waals surface area contributed by atoms with Crippen molar-refractivity contribution in [3.63, 3.8) is 0 Å². The van der Waals surface area contributed by atoms with E-state index in [1.165, 1.54) is 0 Å². The average molecular weight is 364 g/mol. The van der Waals surface area contributed by atoms with Crippen LogP contribution in [-0.4, -0.2) is 52.4 Å². The molecule has 0 unspecified atom stereocenters. The summed E-state index contributed by atoms with van der Waals surface area (Å²) in [6.07, 6.45) is 0.395. The number of aromatic nitrogens is 1. The summed E-state index contributed by atoms with van der Waals surface area (Å²) < 4.78 is 2.09. The SMILES string of the molecule is Cc1cc(CC(=O)N2CCN(C(=O)c3cccc(C#N)c3)CC2)c(C)n1C. The van der Waals surface area contributed by atoms with Crippen LogP contribution in [-0.2, 0) is 18.3 Å². The Hall–Kier alpha value is -3.07. The Morgan fingerprint density at radius 2 is 1.74 bits per heavy atom. The van der Waals surface area contributed by atoms with E-state index in [4.69, 9.17) is 5.26 Å². The van der Waals surface area contributed by atoms with Gasteiger partial charge in [-0.1, -0.05) is 6.07 Å². The summed E-state index contributed by atoms with van der Waals surface area (Å²) >= 11 is 0. The van der Waals surface area contributed by atoms with Crippen molar-refractivity contribution in [2.24, 2.45) is 7.05 Å². The molecule has 0 atom stereocenters. The number of amides is 2. The molecule has 1 saturated heterocycles. The predicted octanol–water partition coefficient (Wildman–Crippen LogP) is 2.04. The molecule has 1 aromatic heterocycles. The number of nitriles is 1. The minimum absolute atomic E-state index is 0.0891. The molecular weight excluding hydrogens is 340 g/mol. The molecule has 1 fully saturated rings. The van der Waals surface area contributed by atoms with Crippen molar-refractivity contribution in [1.29, 1.82) is 5.26 Å². The molecule has 6 heteroatoms. The highest BCUT2D eigenvalue weighted by Gasteiger charge is 2.25. The minimum Gasteiger partial charge on any atom is -0.352 e. The van der Waals surface area contributed by atoms with Crippen LogP contribution in [0.4, 0.5) is 0 Å². The van der Waals surface area contributed by atoms with Gasteiger partial charge in [0.2, 0.25) is 5.91 Å². The molecule has 0 saturated carbocycles. The van der Waals surface area contributed by atoms with Crippen LogP contribution in [0.2, 0.25) is 0 Å². The lowest BCUT2D eigenvalue weighted by atomic mass is 10.1. The Labute approximate surface area is 159 Å². The minimum atomic E-state index is -0.0891. The third kappa shape index (κ3) is 3.87. The largest absolute Gasteiger partial charge is 0.352 e. The van der Waals surface area contributed by atoms with Gasteiger partial charge in [-0.25, -0.2) is 0 Å². The first-order chi connectivity index (χ1) is 12.9. The van der Waals surface area contributed by atoms with Crippen LogP contribution in [0.25, 0.3) is 0 Å². The topological polar surface area (TPSA) is 69.3 Å². The lowest BCUT2D eigenvalue weighted by molar-refractivity contribution is -0.131.